The lowest BCUT2D eigenvalue weighted by molar-refractivity contribution is -0.149. The van der Waals surface area contributed by atoms with Gasteiger partial charge in [-0.15, -0.1) is 0 Å². The van der Waals surface area contributed by atoms with Crippen LogP contribution in [0.3, 0.4) is 0 Å². The molecule has 0 aliphatic carbocycles. The van der Waals surface area contributed by atoms with Gasteiger partial charge in [0.15, 0.2) is 9.84 Å². The van der Waals surface area contributed by atoms with Crippen molar-refractivity contribution in [2.75, 3.05) is 19.3 Å². The van der Waals surface area contributed by atoms with E-state index in [-0.39, 0.29) is 6.54 Å². The topological polar surface area (TPSA) is 91.8 Å². The average Bonchev–Trinajstić information content (AvgIpc) is 2.72. The number of carboxylic acids is 1. The number of carbonyl (C=O) groups is 2. The Kier molecular flexibility index (Phi) is 4.53. The molecule has 1 amide bonds. The SMILES string of the molecule is CCCC1(C(=O)O)CCN(C(=O)C(C)(C)S(C)(=O)=O)C1. The summed E-state index contributed by atoms with van der Waals surface area (Å²) in [5, 5.41) is 9.40. The summed E-state index contributed by atoms with van der Waals surface area (Å²) >= 11 is 0. The van der Waals surface area contributed by atoms with Crippen LogP contribution >= 0.6 is 0 Å². The van der Waals surface area contributed by atoms with E-state index in [0.717, 1.165) is 6.26 Å². The third kappa shape index (κ3) is 2.82. The number of likely N-dealkylation sites (tertiary alicyclic amines) is 1. The number of hydrogen-bond donors (Lipinski definition) is 1. The highest BCUT2D eigenvalue weighted by Crippen LogP contribution is 2.37. The molecule has 0 aromatic carbocycles. The number of nitrogens with zero attached hydrogens (tertiary/aromatic N) is 1. The highest BCUT2D eigenvalue weighted by atomic mass is 32.2. The van der Waals surface area contributed by atoms with E-state index in [4.69, 9.17) is 0 Å². The zero-order valence-corrected chi connectivity index (χ0v) is 13.3. The van der Waals surface area contributed by atoms with Gasteiger partial charge in [-0.3, -0.25) is 9.59 Å². The summed E-state index contributed by atoms with van der Waals surface area (Å²) in [6, 6.07) is 0. The minimum absolute atomic E-state index is 0.0912. The summed E-state index contributed by atoms with van der Waals surface area (Å²) in [5.41, 5.74) is -0.933. The fraction of sp³-hybridized carbons (Fsp3) is 0.846. The molecule has 0 radical (unpaired) electrons. The zero-order valence-electron chi connectivity index (χ0n) is 12.5. The molecule has 1 aliphatic rings. The number of sulfone groups is 1. The van der Waals surface area contributed by atoms with Gasteiger partial charge >= 0.3 is 5.97 Å². The maximum atomic E-state index is 12.4. The first-order valence-electron chi connectivity index (χ1n) is 6.70. The van der Waals surface area contributed by atoms with E-state index in [1.54, 1.807) is 0 Å². The maximum absolute atomic E-state index is 12.4. The van der Waals surface area contributed by atoms with Crippen LogP contribution in [0.15, 0.2) is 0 Å². The lowest BCUT2D eigenvalue weighted by Crippen LogP contribution is -2.50. The van der Waals surface area contributed by atoms with Crippen molar-refractivity contribution in [2.45, 2.75) is 44.8 Å². The molecule has 0 bridgehead atoms. The Hall–Kier alpha value is -1.11. The van der Waals surface area contributed by atoms with Crippen molar-refractivity contribution in [3.05, 3.63) is 0 Å². The molecular weight excluding hydrogens is 282 g/mol. The van der Waals surface area contributed by atoms with Gasteiger partial charge in [0.1, 0.15) is 4.75 Å². The van der Waals surface area contributed by atoms with Gasteiger partial charge in [-0.2, -0.15) is 0 Å². The molecule has 1 saturated heterocycles. The van der Waals surface area contributed by atoms with Crippen LogP contribution in [-0.4, -0.2) is 54.4 Å². The van der Waals surface area contributed by atoms with Crippen LogP contribution in [0.5, 0.6) is 0 Å². The second-order valence-corrected chi connectivity index (χ2v) is 8.66. The molecule has 1 fully saturated rings. The monoisotopic (exact) mass is 305 g/mol. The maximum Gasteiger partial charge on any atom is 0.311 e. The van der Waals surface area contributed by atoms with E-state index in [2.05, 4.69) is 0 Å². The molecule has 0 saturated carbocycles. The van der Waals surface area contributed by atoms with E-state index >= 15 is 0 Å². The summed E-state index contributed by atoms with van der Waals surface area (Å²) in [7, 11) is -3.55. The van der Waals surface area contributed by atoms with Gasteiger partial charge in [-0.05, 0) is 26.7 Å². The second-order valence-electron chi connectivity index (χ2n) is 6.09. The third-order valence-electron chi connectivity index (χ3n) is 4.27. The highest BCUT2D eigenvalue weighted by molar-refractivity contribution is 7.92. The Morgan fingerprint density at radius 2 is 1.90 bits per heavy atom. The van der Waals surface area contributed by atoms with Crippen molar-refractivity contribution in [3.63, 3.8) is 0 Å². The first kappa shape index (κ1) is 16.9. The van der Waals surface area contributed by atoms with Gasteiger partial charge in [-0.25, -0.2) is 8.42 Å². The van der Waals surface area contributed by atoms with E-state index in [1.807, 2.05) is 6.92 Å². The van der Waals surface area contributed by atoms with Crippen molar-refractivity contribution in [1.82, 2.24) is 4.90 Å². The smallest absolute Gasteiger partial charge is 0.311 e. The van der Waals surface area contributed by atoms with Gasteiger partial charge in [0, 0.05) is 19.3 Å². The lowest BCUT2D eigenvalue weighted by atomic mass is 9.83. The number of aliphatic carboxylic acids is 1. The van der Waals surface area contributed by atoms with Crippen LogP contribution in [0.25, 0.3) is 0 Å². The van der Waals surface area contributed by atoms with Gasteiger partial charge in [0.25, 0.3) is 0 Å². The summed E-state index contributed by atoms with van der Waals surface area (Å²) in [6.45, 7) is 5.02. The first-order valence-corrected chi connectivity index (χ1v) is 8.59. The van der Waals surface area contributed by atoms with Crippen molar-refractivity contribution in [2.24, 2.45) is 5.41 Å². The molecule has 6 nitrogen and oxygen atoms in total. The molecule has 1 N–H and O–H groups in total. The molecular formula is C13H23NO5S. The number of rotatable bonds is 5. The fourth-order valence-corrected chi connectivity index (χ4v) is 3.00. The number of amides is 1. The molecule has 0 spiro atoms. The summed E-state index contributed by atoms with van der Waals surface area (Å²) in [6.07, 6.45) is 2.61. The Labute approximate surface area is 120 Å². The minimum atomic E-state index is -3.55. The highest BCUT2D eigenvalue weighted by Gasteiger charge is 2.49. The van der Waals surface area contributed by atoms with Crippen molar-refractivity contribution in [1.29, 1.82) is 0 Å². The Morgan fingerprint density at radius 1 is 1.35 bits per heavy atom. The van der Waals surface area contributed by atoms with E-state index in [9.17, 15) is 23.1 Å². The normalized spacial score (nSPS) is 23.9. The first-order chi connectivity index (χ1) is 8.98. The number of hydrogen-bond acceptors (Lipinski definition) is 4. The van der Waals surface area contributed by atoms with Crippen molar-refractivity contribution in [3.8, 4) is 0 Å². The fourth-order valence-electron chi connectivity index (χ4n) is 2.55. The molecule has 1 atom stereocenters. The number of carboxylic acid groups (broad SMARTS) is 1. The zero-order chi connectivity index (χ0) is 15.8. The van der Waals surface area contributed by atoms with Crippen LogP contribution in [0.2, 0.25) is 0 Å². The van der Waals surface area contributed by atoms with Crippen molar-refractivity contribution >= 4 is 21.7 Å². The largest absolute Gasteiger partial charge is 0.481 e. The van der Waals surface area contributed by atoms with Crippen LogP contribution in [0, 0.1) is 5.41 Å². The molecule has 0 aromatic heterocycles. The molecule has 7 heteroatoms. The molecule has 0 aromatic rings. The minimum Gasteiger partial charge on any atom is -0.481 e. The summed E-state index contributed by atoms with van der Waals surface area (Å²) in [4.78, 5) is 25.2. The van der Waals surface area contributed by atoms with E-state index < -0.39 is 31.9 Å². The second kappa shape index (κ2) is 5.35. The molecule has 1 aliphatic heterocycles. The number of carbonyl (C=O) groups excluding carboxylic acids is 1. The Balaban J connectivity index is 2.98. The lowest BCUT2D eigenvalue weighted by Gasteiger charge is -2.29. The quantitative estimate of drug-likeness (QED) is 0.815. The van der Waals surface area contributed by atoms with Gasteiger partial charge in [0.2, 0.25) is 5.91 Å². The third-order valence-corrected chi connectivity index (χ3v) is 6.29. The average molecular weight is 305 g/mol. The van der Waals surface area contributed by atoms with E-state index in [1.165, 1.54) is 18.7 Å². The molecule has 1 rings (SSSR count). The molecule has 1 unspecified atom stereocenters. The van der Waals surface area contributed by atoms with Crippen LogP contribution in [0.1, 0.15) is 40.0 Å². The summed E-state index contributed by atoms with van der Waals surface area (Å²) in [5.74, 6) is -1.42. The van der Waals surface area contributed by atoms with Crippen LogP contribution in [0.4, 0.5) is 0 Å². The van der Waals surface area contributed by atoms with Crippen LogP contribution in [-0.2, 0) is 19.4 Å². The Morgan fingerprint density at radius 3 is 2.30 bits per heavy atom. The molecule has 116 valence electrons. The van der Waals surface area contributed by atoms with Gasteiger partial charge in [0.05, 0.1) is 5.41 Å². The molecule has 20 heavy (non-hydrogen) atoms. The Bertz CT molecular complexity index is 511. The molecule has 1 heterocycles. The summed E-state index contributed by atoms with van der Waals surface area (Å²) < 4.78 is 21.9. The van der Waals surface area contributed by atoms with Gasteiger partial charge < -0.3 is 10.0 Å². The van der Waals surface area contributed by atoms with Crippen molar-refractivity contribution < 1.29 is 23.1 Å². The van der Waals surface area contributed by atoms with Crippen LogP contribution < -0.4 is 0 Å². The van der Waals surface area contributed by atoms with E-state index in [0.29, 0.717) is 25.8 Å². The predicted molar refractivity (Wildman–Crippen MR) is 75.1 cm³/mol. The van der Waals surface area contributed by atoms with Gasteiger partial charge in [-0.1, -0.05) is 13.3 Å². The standard InChI is InChI=1S/C13H23NO5S/c1-5-6-13(11(16)17)7-8-14(9-13)10(15)12(2,3)20(4,18)19/h5-9H2,1-4H3,(H,16,17). The predicted octanol–water partition coefficient (Wildman–Crippen LogP) is 0.913.